The van der Waals surface area contributed by atoms with Crippen LogP contribution >= 0.6 is 0 Å². The first-order valence-corrected chi connectivity index (χ1v) is 4.92. The molecule has 17 heavy (non-hydrogen) atoms. The number of amides is 4. The topological polar surface area (TPSA) is 66.5 Å². The van der Waals surface area contributed by atoms with Gasteiger partial charge in [0.2, 0.25) is 11.8 Å². The van der Waals surface area contributed by atoms with Crippen molar-refractivity contribution in [1.29, 1.82) is 0 Å². The molecule has 0 aromatic heterocycles. The molecule has 5 nitrogen and oxygen atoms in total. The number of rotatable bonds is 1. The van der Waals surface area contributed by atoms with Crippen LogP contribution in [0.25, 0.3) is 0 Å². The molecule has 0 bridgehead atoms. The molecule has 6 heteroatoms. The minimum absolute atomic E-state index is 0.114. The van der Waals surface area contributed by atoms with E-state index < -0.39 is 30.1 Å². The van der Waals surface area contributed by atoms with Crippen LogP contribution in [0.3, 0.4) is 0 Å². The van der Waals surface area contributed by atoms with Gasteiger partial charge in [-0.3, -0.25) is 14.9 Å². The second kappa shape index (κ2) is 3.97. The fourth-order valence-corrected chi connectivity index (χ4v) is 1.53. The summed E-state index contributed by atoms with van der Waals surface area (Å²) in [6.45, 7) is 1.57. The minimum atomic E-state index is -0.852. The number of nitrogens with zero attached hydrogens (tertiary/aromatic N) is 1. The number of anilines is 1. The Hall–Kier alpha value is -2.24. The molecule has 1 N–H and O–H groups in total. The second-order valence-corrected chi connectivity index (χ2v) is 3.69. The third-order valence-electron chi connectivity index (χ3n) is 2.42. The van der Waals surface area contributed by atoms with Crippen molar-refractivity contribution in [1.82, 2.24) is 5.32 Å². The van der Waals surface area contributed by atoms with Gasteiger partial charge in [-0.25, -0.2) is 14.1 Å². The standard InChI is InChI=1S/C11H9FN2O3/c1-6-2-3-7(4-8(6)12)14-10(16)5-9(15)13-11(14)17/h2-4H,5H2,1H3,(H,13,15,17). The van der Waals surface area contributed by atoms with Gasteiger partial charge in [0.05, 0.1) is 5.69 Å². The number of hydrogen-bond donors (Lipinski definition) is 1. The quantitative estimate of drug-likeness (QED) is 0.742. The number of nitrogens with one attached hydrogen (secondary N) is 1. The summed E-state index contributed by atoms with van der Waals surface area (Å²) in [6, 6.07) is 3.14. The zero-order valence-electron chi connectivity index (χ0n) is 8.99. The molecule has 0 aliphatic carbocycles. The first-order chi connectivity index (χ1) is 7.99. The van der Waals surface area contributed by atoms with E-state index in [0.717, 1.165) is 11.0 Å². The van der Waals surface area contributed by atoms with E-state index in [9.17, 15) is 18.8 Å². The molecule has 2 rings (SSSR count). The molecule has 88 valence electrons. The lowest BCUT2D eigenvalue weighted by atomic mass is 10.2. The molecule has 0 radical (unpaired) electrons. The first kappa shape index (κ1) is 11.3. The number of urea groups is 1. The number of hydrogen-bond acceptors (Lipinski definition) is 3. The average molecular weight is 236 g/mol. The summed E-state index contributed by atoms with van der Waals surface area (Å²) >= 11 is 0. The predicted molar refractivity (Wildman–Crippen MR) is 56.8 cm³/mol. The molecule has 1 aromatic rings. The number of carbonyl (C=O) groups excluding carboxylic acids is 3. The second-order valence-electron chi connectivity index (χ2n) is 3.69. The molecule has 1 heterocycles. The molecule has 0 atom stereocenters. The highest BCUT2D eigenvalue weighted by molar-refractivity contribution is 6.26. The number of carbonyl (C=O) groups is 3. The van der Waals surface area contributed by atoms with Crippen molar-refractivity contribution >= 4 is 23.5 Å². The molecule has 1 fully saturated rings. The summed E-state index contributed by atoms with van der Waals surface area (Å²) in [6.07, 6.45) is -0.415. The molecule has 1 aromatic carbocycles. The normalized spacial score (nSPS) is 16.1. The summed E-state index contributed by atoms with van der Waals surface area (Å²) in [5.74, 6) is -1.83. The van der Waals surface area contributed by atoms with Crippen LogP contribution in [-0.2, 0) is 9.59 Å². The zero-order valence-corrected chi connectivity index (χ0v) is 8.99. The van der Waals surface area contributed by atoms with Crippen LogP contribution in [0.2, 0.25) is 0 Å². The van der Waals surface area contributed by atoms with Crippen molar-refractivity contribution in [2.24, 2.45) is 0 Å². The Morgan fingerprint density at radius 2 is 2.00 bits per heavy atom. The number of halogens is 1. The first-order valence-electron chi connectivity index (χ1n) is 4.92. The maximum atomic E-state index is 13.3. The van der Waals surface area contributed by atoms with E-state index in [0.29, 0.717) is 5.56 Å². The van der Waals surface area contributed by atoms with Crippen molar-refractivity contribution in [3.8, 4) is 0 Å². The van der Waals surface area contributed by atoms with Gasteiger partial charge in [0.25, 0.3) is 0 Å². The lowest BCUT2D eigenvalue weighted by Crippen LogP contribution is -2.52. The Morgan fingerprint density at radius 1 is 1.29 bits per heavy atom. The van der Waals surface area contributed by atoms with E-state index >= 15 is 0 Å². The molecule has 0 unspecified atom stereocenters. The van der Waals surface area contributed by atoms with E-state index in [1.54, 1.807) is 6.92 Å². The molecule has 4 amide bonds. The fraction of sp³-hybridized carbons (Fsp3) is 0.182. The van der Waals surface area contributed by atoms with Crippen LogP contribution in [-0.4, -0.2) is 17.8 Å². The molecule has 1 saturated heterocycles. The maximum absolute atomic E-state index is 13.3. The number of benzene rings is 1. The van der Waals surface area contributed by atoms with Gasteiger partial charge in [0, 0.05) is 0 Å². The van der Waals surface area contributed by atoms with E-state index in [-0.39, 0.29) is 5.69 Å². The lowest BCUT2D eigenvalue weighted by molar-refractivity contribution is -0.128. The third-order valence-corrected chi connectivity index (χ3v) is 2.42. The van der Waals surface area contributed by atoms with Gasteiger partial charge in [-0.15, -0.1) is 0 Å². The molecule has 0 saturated carbocycles. The predicted octanol–water partition coefficient (Wildman–Crippen LogP) is 1.11. The Labute approximate surface area is 96.2 Å². The van der Waals surface area contributed by atoms with Crippen LogP contribution in [0.4, 0.5) is 14.9 Å². The van der Waals surface area contributed by atoms with Crippen LogP contribution in [0.15, 0.2) is 18.2 Å². The molecular formula is C11H9FN2O3. The third kappa shape index (κ3) is 2.01. The highest BCUT2D eigenvalue weighted by atomic mass is 19.1. The van der Waals surface area contributed by atoms with E-state index in [2.05, 4.69) is 0 Å². The van der Waals surface area contributed by atoms with Gasteiger partial charge < -0.3 is 0 Å². The van der Waals surface area contributed by atoms with Gasteiger partial charge in [0.15, 0.2) is 0 Å². The monoisotopic (exact) mass is 236 g/mol. The SMILES string of the molecule is Cc1ccc(N2C(=O)CC(=O)NC2=O)cc1F. The largest absolute Gasteiger partial charge is 0.335 e. The minimum Gasteiger partial charge on any atom is -0.277 e. The molecule has 1 aliphatic rings. The summed E-state index contributed by atoms with van der Waals surface area (Å²) < 4.78 is 13.3. The maximum Gasteiger partial charge on any atom is 0.335 e. The van der Waals surface area contributed by atoms with E-state index in [1.165, 1.54) is 12.1 Å². The Morgan fingerprint density at radius 3 is 2.59 bits per heavy atom. The van der Waals surface area contributed by atoms with Crippen LogP contribution in [0, 0.1) is 12.7 Å². The highest BCUT2D eigenvalue weighted by Crippen LogP contribution is 2.20. The molecule has 0 spiro atoms. The average Bonchev–Trinajstić information content (AvgIpc) is 2.21. The van der Waals surface area contributed by atoms with Crippen molar-refractivity contribution < 1.29 is 18.8 Å². The Balaban J connectivity index is 2.38. The van der Waals surface area contributed by atoms with Crippen molar-refractivity contribution in [3.05, 3.63) is 29.6 Å². The van der Waals surface area contributed by atoms with Gasteiger partial charge >= 0.3 is 6.03 Å². The summed E-state index contributed by atoms with van der Waals surface area (Å²) in [5, 5.41) is 2.00. The smallest absolute Gasteiger partial charge is 0.277 e. The summed E-state index contributed by atoms with van der Waals surface area (Å²) in [4.78, 5) is 34.7. The van der Waals surface area contributed by atoms with Crippen molar-refractivity contribution in [2.45, 2.75) is 13.3 Å². The van der Waals surface area contributed by atoms with Crippen LogP contribution in [0.1, 0.15) is 12.0 Å². The number of barbiturate groups is 1. The fourth-order valence-electron chi connectivity index (χ4n) is 1.53. The van der Waals surface area contributed by atoms with Crippen molar-refractivity contribution in [2.75, 3.05) is 4.90 Å². The Kier molecular flexibility index (Phi) is 2.63. The van der Waals surface area contributed by atoms with Gasteiger partial charge in [0.1, 0.15) is 12.2 Å². The number of imide groups is 2. The Bertz CT molecular complexity index is 507. The zero-order chi connectivity index (χ0) is 12.6. The van der Waals surface area contributed by atoms with Gasteiger partial charge in [-0.1, -0.05) is 6.07 Å². The van der Waals surface area contributed by atoms with Crippen LogP contribution in [0.5, 0.6) is 0 Å². The van der Waals surface area contributed by atoms with E-state index in [4.69, 9.17) is 0 Å². The lowest BCUT2D eigenvalue weighted by Gasteiger charge is -2.24. The summed E-state index contributed by atoms with van der Waals surface area (Å²) in [5.41, 5.74) is 0.526. The van der Waals surface area contributed by atoms with Gasteiger partial charge in [-0.2, -0.15) is 0 Å². The summed E-state index contributed by atoms with van der Waals surface area (Å²) in [7, 11) is 0. The van der Waals surface area contributed by atoms with E-state index in [1.807, 2.05) is 5.32 Å². The highest BCUT2D eigenvalue weighted by Gasteiger charge is 2.32. The number of aryl methyl sites for hydroxylation is 1. The molecular weight excluding hydrogens is 227 g/mol. The van der Waals surface area contributed by atoms with Gasteiger partial charge in [-0.05, 0) is 24.6 Å². The molecule has 1 aliphatic heterocycles. The van der Waals surface area contributed by atoms with Crippen LogP contribution < -0.4 is 10.2 Å². The van der Waals surface area contributed by atoms with Crippen molar-refractivity contribution in [3.63, 3.8) is 0 Å².